The molecular weight excluding hydrogens is 438 g/mol. The summed E-state index contributed by atoms with van der Waals surface area (Å²) in [5.74, 6) is -0.783. The van der Waals surface area contributed by atoms with E-state index in [9.17, 15) is 22.8 Å². The van der Waals surface area contributed by atoms with Crippen LogP contribution in [-0.4, -0.2) is 73.2 Å². The van der Waals surface area contributed by atoms with Gasteiger partial charge in [0, 0.05) is 24.9 Å². The van der Waals surface area contributed by atoms with Crippen LogP contribution in [-0.2, 0) is 26.0 Å². The molecule has 0 unspecified atom stereocenters. The number of sulfone groups is 1. The van der Waals surface area contributed by atoms with E-state index in [1.165, 1.54) is 0 Å². The summed E-state index contributed by atoms with van der Waals surface area (Å²) in [6.45, 7) is 0.485. The van der Waals surface area contributed by atoms with Crippen molar-refractivity contribution in [3.05, 3.63) is 35.9 Å². The van der Waals surface area contributed by atoms with Crippen LogP contribution in [0.25, 0.3) is 0 Å². The largest absolute Gasteiger partial charge is 0.465 e. The Morgan fingerprint density at radius 3 is 2.53 bits per heavy atom. The fraction of sp³-hybridized carbons (Fsp3) is 0.571. The minimum Gasteiger partial charge on any atom is -0.465 e. The monoisotopic (exact) mass is 467 g/mol. The lowest BCUT2D eigenvalue weighted by Gasteiger charge is -2.40. The molecule has 0 bridgehead atoms. The van der Waals surface area contributed by atoms with Gasteiger partial charge in [0.05, 0.1) is 5.75 Å². The van der Waals surface area contributed by atoms with Crippen molar-refractivity contribution in [2.45, 2.75) is 50.4 Å². The van der Waals surface area contributed by atoms with Crippen LogP contribution in [0.5, 0.6) is 0 Å². The third-order valence-corrected chi connectivity index (χ3v) is 6.97. The van der Waals surface area contributed by atoms with Gasteiger partial charge in [-0.3, -0.25) is 4.79 Å². The Kier molecular flexibility index (Phi) is 7.60. The molecule has 1 aliphatic carbocycles. The van der Waals surface area contributed by atoms with Gasteiger partial charge < -0.3 is 25.4 Å². The van der Waals surface area contributed by atoms with Crippen molar-refractivity contribution in [1.82, 2.24) is 15.5 Å². The van der Waals surface area contributed by atoms with Gasteiger partial charge in [-0.15, -0.1) is 0 Å². The van der Waals surface area contributed by atoms with E-state index in [0.29, 0.717) is 32.2 Å². The first kappa shape index (κ1) is 23.8. The molecule has 1 aromatic carbocycles. The molecule has 0 spiro atoms. The molecule has 3 rings (SSSR count). The highest BCUT2D eigenvalue weighted by Crippen LogP contribution is 2.32. The predicted molar refractivity (Wildman–Crippen MR) is 116 cm³/mol. The molecule has 11 heteroatoms. The third-order valence-electron chi connectivity index (χ3n) is 5.93. The van der Waals surface area contributed by atoms with Crippen molar-refractivity contribution < 1.29 is 32.6 Å². The standard InChI is InChI=1S/C21H29N3O7S/c1-32(29,30)13-15-11-16(22-20(26)27)7-8-18(15)24-10-9-17(19(24)25)23-21(28)31-12-14-5-3-2-4-6-14/h2-6,15-18,22H,7-13H2,1H3,(H,23,28)(H,26,27)/t15-,16+,17-,18-/m0/s1. The molecule has 32 heavy (non-hydrogen) atoms. The number of hydrogen-bond acceptors (Lipinski definition) is 6. The lowest BCUT2D eigenvalue weighted by Crippen LogP contribution is -2.52. The van der Waals surface area contributed by atoms with Gasteiger partial charge in [-0.1, -0.05) is 30.3 Å². The van der Waals surface area contributed by atoms with E-state index in [1.807, 2.05) is 30.3 Å². The van der Waals surface area contributed by atoms with Gasteiger partial charge >= 0.3 is 12.2 Å². The number of likely N-dealkylation sites (tertiary alicyclic amines) is 1. The molecule has 3 amide bonds. The second kappa shape index (κ2) is 10.2. The number of amides is 3. The fourth-order valence-electron chi connectivity index (χ4n) is 4.60. The summed E-state index contributed by atoms with van der Waals surface area (Å²) < 4.78 is 29.1. The molecule has 1 heterocycles. The van der Waals surface area contributed by atoms with Crippen molar-refractivity contribution in [1.29, 1.82) is 0 Å². The summed E-state index contributed by atoms with van der Waals surface area (Å²) in [7, 11) is -3.32. The number of rotatable bonds is 7. The van der Waals surface area contributed by atoms with Crippen molar-refractivity contribution >= 4 is 27.9 Å². The van der Waals surface area contributed by atoms with Crippen LogP contribution >= 0.6 is 0 Å². The Morgan fingerprint density at radius 2 is 1.88 bits per heavy atom. The zero-order valence-electron chi connectivity index (χ0n) is 17.9. The van der Waals surface area contributed by atoms with E-state index >= 15 is 0 Å². The number of nitrogens with zero attached hydrogens (tertiary/aromatic N) is 1. The Balaban J connectivity index is 1.59. The number of hydrogen-bond donors (Lipinski definition) is 3. The number of benzene rings is 1. The lowest BCUT2D eigenvalue weighted by molar-refractivity contribution is -0.133. The summed E-state index contributed by atoms with van der Waals surface area (Å²) in [6, 6.07) is 7.78. The SMILES string of the molecule is CS(=O)(=O)C[C@@H]1C[C@H](NC(=O)O)CC[C@@H]1N1CC[C@H](NC(=O)OCc2ccccc2)C1=O. The zero-order valence-corrected chi connectivity index (χ0v) is 18.7. The average Bonchev–Trinajstić information content (AvgIpc) is 3.06. The van der Waals surface area contributed by atoms with Crippen LogP contribution < -0.4 is 10.6 Å². The van der Waals surface area contributed by atoms with Gasteiger partial charge in [0.25, 0.3) is 0 Å². The average molecular weight is 468 g/mol. The lowest BCUT2D eigenvalue weighted by atomic mass is 9.81. The third kappa shape index (κ3) is 6.59. The molecule has 1 aliphatic heterocycles. The molecule has 2 aliphatic rings. The van der Waals surface area contributed by atoms with Gasteiger partial charge in [-0.25, -0.2) is 18.0 Å². The van der Waals surface area contributed by atoms with E-state index in [0.717, 1.165) is 11.8 Å². The minimum atomic E-state index is -3.32. The van der Waals surface area contributed by atoms with Crippen LogP contribution in [0.1, 0.15) is 31.2 Å². The highest BCUT2D eigenvalue weighted by atomic mass is 32.2. The minimum absolute atomic E-state index is 0.0916. The van der Waals surface area contributed by atoms with Crippen molar-refractivity contribution in [3.63, 3.8) is 0 Å². The summed E-state index contributed by atoms with van der Waals surface area (Å²) >= 11 is 0. The first-order valence-electron chi connectivity index (χ1n) is 10.6. The molecule has 0 aromatic heterocycles. The quantitative estimate of drug-likeness (QED) is 0.550. The van der Waals surface area contributed by atoms with Crippen LogP contribution in [0.15, 0.2) is 30.3 Å². The Labute approximate surface area is 187 Å². The number of alkyl carbamates (subject to hydrolysis) is 1. The van der Waals surface area contributed by atoms with Gasteiger partial charge in [0.1, 0.15) is 22.5 Å². The highest BCUT2D eigenvalue weighted by molar-refractivity contribution is 7.90. The van der Waals surface area contributed by atoms with Gasteiger partial charge in [0.2, 0.25) is 5.91 Å². The molecule has 10 nitrogen and oxygen atoms in total. The van der Waals surface area contributed by atoms with Crippen molar-refractivity contribution in [2.75, 3.05) is 18.6 Å². The number of carbonyl (C=O) groups excluding carboxylic acids is 2. The maximum Gasteiger partial charge on any atom is 0.408 e. The number of carboxylic acid groups (broad SMARTS) is 1. The van der Waals surface area contributed by atoms with E-state index in [4.69, 9.17) is 9.84 Å². The first-order valence-corrected chi connectivity index (χ1v) is 12.6. The normalized spacial score (nSPS) is 25.9. The fourth-order valence-corrected chi connectivity index (χ4v) is 5.74. The predicted octanol–water partition coefficient (Wildman–Crippen LogP) is 1.36. The van der Waals surface area contributed by atoms with Gasteiger partial charge in [0.15, 0.2) is 0 Å². The molecule has 176 valence electrons. The molecule has 3 N–H and O–H groups in total. The molecule has 1 aromatic rings. The Morgan fingerprint density at radius 1 is 1.16 bits per heavy atom. The van der Waals surface area contributed by atoms with Gasteiger partial charge in [-0.05, 0) is 37.2 Å². The highest BCUT2D eigenvalue weighted by Gasteiger charge is 2.43. The van der Waals surface area contributed by atoms with E-state index in [1.54, 1.807) is 4.90 Å². The molecule has 4 atom stereocenters. The van der Waals surface area contributed by atoms with E-state index in [-0.39, 0.29) is 36.3 Å². The Hall–Kier alpha value is -2.82. The number of ether oxygens (including phenoxy) is 1. The van der Waals surface area contributed by atoms with E-state index in [2.05, 4.69) is 10.6 Å². The zero-order chi connectivity index (χ0) is 23.3. The van der Waals surface area contributed by atoms with Crippen LogP contribution in [0.3, 0.4) is 0 Å². The summed E-state index contributed by atoms with van der Waals surface area (Å²) in [5.41, 5.74) is 0.831. The summed E-state index contributed by atoms with van der Waals surface area (Å²) in [5, 5.41) is 14.0. The van der Waals surface area contributed by atoms with Gasteiger partial charge in [-0.2, -0.15) is 0 Å². The second-order valence-electron chi connectivity index (χ2n) is 8.46. The molecule has 1 saturated carbocycles. The van der Waals surface area contributed by atoms with Crippen LogP contribution in [0, 0.1) is 5.92 Å². The van der Waals surface area contributed by atoms with Crippen molar-refractivity contribution in [3.8, 4) is 0 Å². The van der Waals surface area contributed by atoms with E-state index < -0.39 is 28.1 Å². The first-order chi connectivity index (χ1) is 15.1. The number of carbonyl (C=O) groups is 3. The van der Waals surface area contributed by atoms with Crippen LogP contribution in [0.2, 0.25) is 0 Å². The maximum absolute atomic E-state index is 13.0. The summed E-state index contributed by atoms with van der Waals surface area (Å²) in [6.07, 6.45) is 1.04. The van der Waals surface area contributed by atoms with Crippen LogP contribution in [0.4, 0.5) is 9.59 Å². The smallest absolute Gasteiger partial charge is 0.408 e. The summed E-state index contributed by atoms with van der Waals surface area (Å²) in [4.78, 5) is 37.8. The Bertz CT molecular complexity index is 938. The number of nitrogens with one attached hydrogen (secondary N) is 2. The molecule has 0 radical (unpaired) electrons. The molecule has 1 saturated heterocycles. The molecular formula is C21H29N3O7S. The molecule has 2 fully saturated rings. The van der Waals surface area contributed by atoms with Crippen molar-refractivity contribution in [2.24, 2.45) is 5.92 Å². The second-order valence-corrected chi connectivity index (χ2v) is 10.6. The maximum atomic E-state index is 13.0. The topological polar surface area (TPSA) is 142 Å².